The van der Waals surface area contributed by atoms with E-state index in [0.717, 1.165) is 5.69 Å². The molecule has 0 saturated heterocycles. The molecule has 8 heteroatoms. The fraction of sp³-hybridized carbons (Fsp3) is 0.167. The van der Waals surface area contributed by atoms with Crippen molar-refractivity contribution in [3.05, 3.63) is 66.2 Å². The number of halogens is 1. The first-order valence-corrected chi connectivity index (χ1v) is 8.77. The minimum absolute atomic E-state index is 0.0222. The van der Waals surface area contributed by atoms with Crippen LogP contribution in [0.3, 0.4) is 0 Å². The molecular formula is C18H17FN4O2S. The highest BCUT2D eigenvalue weighted by atomic mass is 32.2. The molecule has 134 valence electrons. The molecule has 0 radical (unpaired) electrons. The van der Waals surface area contributed by atoms with Gasteiger partial charge in [0.05, 0.1) is 5.25 Å². The average molecular weight is 372 g/mol. The Labute approximate surface area is 154 Å². The van der Waals surface area contributed by atoms with Crippen molar-refractivity contribution in [3.63, 3.8) is 0 Å². The maximum absolute atomic E-state index is 13.8. The van der Waals surface area contributed by atoms with Crippen LogP contribution in [0, 0.1) is 5.82 Å². The lowest BCUT2D eigenvalue weighted by Crippen LogP contribution is -2.23. The first-order valence-electron chi connectivity index (χ1n) is 7.89. The van der Waals surface area contributed by atoms with Crippen LogP contribution in [0.15, 0.2) is 59.8 Å². The van der Waals surface area contributed by atoms with Gasteiger partial charge in [-0.1, -0.05) is 42.1 Å². The van der Waals surface area contributed by atoms with Crippen LogP contribution in [0.25, 0.3) is 5.69 Å². The minimum Gasteiger partial charge on any atom is -0.483 e. The Kier molecular flexibility index (Phi) is 5.52. The van der Waals surface area contributed by atoms with E-state index < -0.39 is 17.0 Å². The first kappa shape index (κ1) is 17.9. The number of thioether (sulfide) groups is 1. The van der Waals surface area contributed by atoms with Crippen LogP contribution in [0.4, 0.5) is 4.39 Å². The number of hydrogen-bond donors (Lipinski definition) is 1. The molecule has 0 bridgehead atoms. The summed E-state index contributed by atoms with van der Waals surface area (Å²) in [7, 11) is 0. The van der Waals surface area contributed by atoms with Gasteiger partial charge in [0.2, 0.25) is 5.91 Å². The second-order valence-electron chi connectivity index (χ2n) is 5.45. The van der Waals surface area contributed by atoms with Crippen molar-refractivity contribution in [1.82, 2.24) is 14.8 Å². The van der Waals surface area contributed by atoms with Crippen molar-refractivity contribution < 1.29 is 13.9 Å². The molecule has 3 aromatic rings. The Bertz CT molecular complexity index is 901. The number of benzene rings is 2. The zero-order valence-corrected chi connectivity index (χ0v) is 14.8. The third-order valence-corrected chi connectivity index (χ3v) is 4.65. The lowest BCUT2D eigenvalue weighted by atomic mass is 10.3. The van der Waals surface area contributed by atoms with Crippen LogP contribution in [-0.4, -0.2) is 25.9 Å². The Hall–Kier alpha value is -2.87. The van der Waals surface area contributed by atoms with Gasteiger partial charge in [-0.3, -0.25) is 9.36 Å². The summed E-state index contributed by atoms with van der Waals surface area (Å²) in [6.45, 7) is 1.72. The zero-order chi connectivity index (χ0) is 18.5. The molecule has 2 aromatic carbocycles. The maximum Gasteiger partial charge on any atom is 0.230 e. The third-order valence-electron chi connectivity index (χ3n) is 3.59. The highest BCUT2D eigenvalue weighted by Gasteiger charge is 2.20. The van der Waals surface area contributed by atoms with E-state index in [-0.39, 0.29) is 12.4 Å². The molecule has 0 unspecified atom stereocenters. The summed E-state index contributed by atoms with van der Waals surface area (Å²) in [6, 6.07) is 15.6. The number of nitrogens with zero attached hydrogens (tertiary/aromatic N) is 3. The van der Waals surface area contributed by atoms with Gasteiger partial charge >= 0.3 is 0 Å². The van der Waals surface area contributed by atoms with Gasteiger partial charge in [0.15, 0.2) is 22.5 Å². The lowest BCUT2D eigenvalue weighted by Gasteiger charge is -2.12. The quantitative estimate of drug-likeness (QED) is 0.645. The largest absolute Gasteiger partial charge is 0.483 e. The number of hydrogen-bond acceptors (Lipinski definition) is 5. The summed E-state index contributed by atoms with van der Waals surface area (Å²) in [4.78, 5) is 11.4. The van der Waals surface area contributed by atoms with Crippen LogP contribution in [0.1, 0.15) is 12.7 Å². The standard InChI is InChI=1S/C18H17FN4O2S/c1-12(17(20)24)26-18-22-21-16(23(18)13-7-3-2-4-8-13)11-25-15-10-6-5-9-14(15)19/h2-10,12H,11H2,1H3,(H2,20,24)/t12-/m1/s1. The van der Waals surface area contributed by atoms with Crippen LogP contribution >= 0.6 is 11.8 Å². The molecule has 0 spiro atoms. The number of amides is 1. The molecule has 1 atom stereocenters. The van der Waals surface area contributed by atoms with Gasteiger partial charge in [0.1, 0.15) is 6.61 Å². The highest BCUT2D eigenvalue weighted by molar-refractivity contribution is 8.00. The molecular weight excluding hydrogens is 355 g/mol. The number of nitrogens with two attached hydrogens (primary N) is 1. The monoisotopic (exact) mass is 372 g/mol. The van der Waals surface area contributed by atoms with Gasteiger partial charge in [-0.25, -0.2) is 4.39 Å². The average Bonchev–Trinajstić information content (AvgIpc) is 3.04. The van der Waals surface area contributed by atoms with Crippen LogP contribution in [-0.2, 0) is 11.4 Å². The smallest absolute Gasteiger partial charge is 0.230 e. The molecule has 0 saturated carbocycles. The molecule has 1 amide bonds. The van der Waals surface area contributed by atoms with Crippen LogP contribution < -0.4 is 10.5 Å². The molecule has 2 N–H and O–H groups in total. The van der Waals surface area contributed by atoms with E-state index in [2.05, 4.69) is 10.2 Å². The van der Waals surface area contributed by atoms with Crippen molar-refractivity contribution in [2.24, 2.45) is 5.73 Å². The fourth-order valence-corrected chi connectivity index (χ4v) is 3.06. The number of rotatable bonds is 7. The molecule has 1 heterocycles. The van der Waals surface area contributed by atoms with E-state index in [0.29, 0.717) is 11.0 Å². The molecule has 0 aliphatic rings. The predicted molar refractivity (Wildman–Crippen MR) is 96.6 cm³/mol. The molecule has 26 heavy (non-hydrogen) atoms. The van der Waals surface area contributed by atoms with E-state index in [9.17, 15) is 9.18 Å². The van der Waals surface area contributed by atoms with Crippen molar-refractivity contribution in [3.8, 4) is 11.4 Å². The van der Waals surface area contributed by atoms with E-state index in [4.69, 9.17) is 10.5 Å². The summed E-state index contributed by atoms with van der Waals surface area (Å²) < 4.78 is 21.1. The Morgan fingerprint density at radius 1 is 1.19 bits per heavy atom. The molecule has 6 nitrogen and oxygen atoms in total. The summed E-state index contributed by atoms with van der Waals surface area (Å²) >= 11 is 1.20. The van der Waals surface area contributed by atoms with E-state index in [1.807, 2.05) is 30.3 Å². The summed E-state index contributed by atoms with van der Waals surface area (Å²) in [5, 5.41) is 8.32. The number of primary amides is 1. The van der Waals surface area contributed by atoms with Gasteiger partial charge < -0.3 is 10.5 Å². The normalized spacial score (nSPS) is 11.9. The van der Waals surface area contributed by atoms with E-state index in [1.165, 1.54) is 17.8 Å². The van der Waals surface area contributed by atoms with Gasteiger partial charge in [-0.05, 0) is 31.2 Å². The second-order valence-corrected chi connectivity index (χ2v) is 6.76. The number of carbonyl (C=O) groups is 1. The van der Waals surface area contributed by atoms with Gasteiger partial charge in [0, 0.05) is 5.69 Å². The number of aromatic nitrogens is 3. The fourth-order valence-electron chi connectivity index (χ4n) is 2.23. The van der Waals surface area contributed by atoms with Gasteiger partial charge in [0.25, 0.3) is 0 Å². The summed E-state index contributed by atoms with van der Waals surface area (Å²) in [6.07, 6.45) is 0. The summed E-state index contributed by atoms with van der Waals surface area (Å²) in [5.41, 5.74) is 6.16. The highest BCUT2D eigenvalue weighted by Crippen LogP contribution is 2.26. The molecule has 1 aromatic heterocycles. The Morgan fingerprint density at radius 3 is 2.58 bits per heavy atom. The van der Waals surface area contributed by atoms with Crippen molar-refractivity contribution >= 4 is 17.7 Å². The van der Waals surface area contributed by atoms with Crippen molar-refractivity contribution in [2.75, 3.05) is 0 Å². The molecule has 0 fully saturated rings. The van der Waals surface area contributed by atoms with E-state index in [1.54, 1.807) is 29.7 Å². The molecule has 0 aliphatic carbocycles. The predicted octanol–water partition coefficient (Wildman–Crippen LogP) is 2.95. The zero-order valence-electron chi connectivity index (χ0n) is 14.0. The number of para-hydroxylation sites is 2. The Morgan fingerprint density at radius 2 is 1.88 bits per heavy atom. The van der Waals surface area contributed by atoms with Crippen molar-refractivity contribution in [2.45, 2.75) is 23.9 Å². The maximum atomic E-state index is 13.8. The van der Waals surface area contributed by atoms with Crippen molar-refractivity contribution in [1.29, 1.82) is 0 Å². The molecule has 0 aliphatic heterocycles. The summed E-state index contributed by atoms with van der Waals surface area (Å²) in [5.74, 6) is -0.273. The number of ether oxygens (including phenoxy) is 1. The Balaban J connectivity index is 1.91. The lowest BCUT2D eigenvalue weighted by molar-refractivity contribution is -0.117. The van der Waals surface area contributed by atoms with Crippen LogP contribution in [0.2, 0.25) is 0 Å². The third kappa shape index (κ3) is 4.02. The SMILES string of the molecule is C[C@@H](Sc1nnc(COc2ccccc2F)n1-c1ccccc1)C(N)=O. The van der Waals surface area contributed by atoms with Gasteiger partial charge in [-0.15, -0.1) is 10.2 Å². The molecule has 3 rings (SSSR count). The van der Waals surface area contributed by atoms with Crippen LogP contribution in [0.5, 0.6) is 5.75 Å². The first-order chi connectivity index (χ1) is 12.6. The second kappa shape index (κ2) is 8.01. The van der Waals surface area contributed by atoms with E-state index >= 15 is 0 Å². The number of carbonyl (C=O) groups excluding carboxylic acids is 1. The van der Waals surface area contributed by atoms with Gasteiger partial charge in [-0.2, -0.15) is 0 Å². The minimum atomic E-state index is -0.470. The topological polar surface area (TPSA) is 83.0 Å².